The molecule has 2 N–H and O–H groups in total. The number of hydrogen-bond acceptors (Lipinski definition) is 6. The van der Waals surface area contributed by atoms with Crippen molar-refractivity contribution in [2.45, 2.75) is 6.54 Å². The number of anilines is 2. The Balaban J connectivity index is 1.73. The summed E-state index contributed by atoms with van der Waals surface area (Å²) in [6.07, 6.45) is 3.21. The lowest BCUT2D eigenvalue weighted by molar-refractivity contribution is 0.268. The van der Waals surface area contributed by atoms with Gasteiger partial charge in [0.25, 0.3) is 0 Å². The van der Waals surface area contributed by atoms with Crippen molar-refractivity contribution in [3.05, 3.63) is 59.8 Å². The molecule has 2 aromatic heterocycles. The number of nitrogens with zero attached hydrogens (tertiary/aromatic N) is 5. The second kappa shape index (κ2) is 7.26. The summed E-state index contributed by atoms with van der Waals surface area (Å²) in [6, 6.07) is 10.0. The largest absolute Gasteiger partial charge is 0.394 e. The zero-order valence-corrected chi connectivity index (χ0v) is 14.7. The molecular weight excluding hydrogens is 371 g/mol. The molecule has 0 radical (unpaired) electrons. The van der Waals surface area contributed by atoms with Gasteiger partial charge in [-0.25, -0.2) is 19.0 Å². The van der Waals surface area contributed by atoms with E-state index in [1.165, 1.54) is 18.5 Å². The number of rotatable bonds is 5. The van der Waals surface area contributed by atoms with Crippen molar-refractivity contribution in [1.29, 1.82) is 0 Å². The van der Waals surface area contributed by atoms with Crippen molar-refractivity contribution in [3.63, 3.8) is 0 Å². The second-order valence-electron chi connectivity index (χ2n) is 5.80. The fraction of sp³-hybridized carbons (Fsp3) is 0.111. The summed E-state index contributed by atoms with van der Waals surface area (Å²) in [5.74, 6) is 0.0790. The van der Waals surface area contributed by atoms with Crippen LogP contribution in [-0.2, 0) is 6.54 Å². The highest BCUT2D eigenvalue weighted by molar-refractivity contribution is 6.31. The first-order chi connectivity index (χ1) is 13.1. The fourth-order valence-corrected chi connectivity index (χ4v) is 2.85. The molecular formula is C18H14ClFN6O. The number of fused-ring (bicyclic) bond motifs is 1. The van der Waals surface area contributed by atoms with Crippen LogP contribution in [-0.4, -0.2) is 36.7 Å². The van der Waals surface area contributed by atoms with Gasteiger partial charge in [-0.05, 0) is 30.3 Å². The van der Waals surface area contributed by atoms with Gasteiger partial charge in [0.05, 0.1) is 29.9 Å². The molecule has 0 saturated carbocycles. The third-order valence-electron chi connectivity index (χ3n) is 3.98. The number of halogens is 2. The molecule has 0 saturated heterocycles. The quantitative estimate of drug-likeness (QED) is 0.548. The maximum Gasteiger partial charge on any atom is 0.141 e. The third-order valence-corrected chi connectivity index (χ3v) is 4.27. The Morgan fingerprint density at radius 1 is 1.15 bits per heavy atom. The molecule has 0 bridgehead atoms. The maximum atomic E-state index is 13.4. The van der Waals surface area contributed by atoms with E-state index in [-0.39, 0.29) is 11.6 Å². The highest BCUT2D eigenvalue weighted by atomic mass is 35.5. The fourth-order valence-electron chi connectivity index (χ4n) is 2.67. The molecule has 27 heavy (non-hydrogen) atoms. The zero-order valence-electron chi connectivity index (χ0n) is 14.0. The monoisotopic (exact) mass is 384 g/mol. The SMILES string of the molecule is OCCn1cc(-c2ccc3ncnc(Nc4ccc(F)c(Cl)c4)c3c2)nn1. The van der Waals surface area contributed by atoms with Crippen LogP contribution in [0.3, 0.4) is 0 Å². The summed E-state index contributed by atoms with van der Waals surface area (Å²) >= 11 is 5.85. The van der Waals surface area contributed by atoms with Gasteiger partial charge in [-0.15, -0.1) is 5.10 Å². The van der Waals surface area contributed by atoms with Gasteiger partial charge in [0, 0.05) is 16.6 Å². The number of aliphatic hydroxyl groups is 1. The van der Waals surface area contributed by atoms with Crippen LogP contribution < -0.4 is 5.32 Å². The molecule has 0 spiro atoms. The van der Waals surface area contributed by atoms with E-state index in [0.29, 0.717) is 23.7 Å². The molecule has 0 fully saturated rings. The first-order valence-electron chi connectivity index (χ1n) is 8.12. The summed E-state index contributed by atoms with van der Waals surface area (Å²) in [5, 5.41) is 21.1. The minimum absolute atomic E-state index is 0.0113. The lowest BCUT2D eigenvalue weighted by atomic mass is 10.1. The molecule has 136 valence electrons. The zero-order chi connectivity index (χ0) is 18.8. The lowest BCUT2D eigenvalue weighted by Gasteiger charge is -2.09. The lowest BCUT2D eigenvalue weighted by Crippen LogP contribution is -2.01. The molecule has 4 rings (SSSR count). The predicted octanol–water partition coefficient (Wildman–Crippen LogP) is 3.42. The molecule has 0 aliphatic carbocycles. The van der Waals surface area contributed by atoms with Crippen LogP contribution in [0.2, 0.25) is 5.02 Å². The van der Waals surface area contributed by atoms with E-state index >= 15 is 0 Å². The summed E-state index contributed by atoms with van der Waals surface area (Å²) in [7, 11) is 0. The van der Waals surface area contributed by atoms with Crippen LogP contribution >= 0.6 is 11.6 Å². The van der Waals surface area contributed by atoms with Crippen molar-refractivity contribution in [2.75, 3.05) is 11.9 Å². The first kappa shape index (κ1) is 17.3. The Bertz CT molecular complexity index is 1120. The van der Waals surface area contributed by atoms with Crippen LogP contribution in [0.4, 0.5) is 15.9 Å². The predicted molar refractivity (Wildman–Crippen MR) is 100 cm³/mol. The maximum absolute atomic E-state index is 13.4. The molecule has 0 atom stereocenters. The first-order valence-corrected chi connectivity index (χ1v) is 8.50. The number of aliphatic hydroxyl groups excluding tert-OH is 1. The van der Waals surface area contributed by atoms with E-state index in [0.717, 1.165) is 16.5 Å². The Hall–Kier alpha value is -3.10. The molecule has 7 nitrogen and oxygen atoms in total. The molecule has 2 heterocycles. The number of aromatic nitrogens is 5. The normalized spacial score (nSPS) is 11.1. The minimum Gasteiger partial charge on any atom is -0.394 e. The Labute approximate surface area is 158 Å². The van der Waals surface area contributed by atoms with Crippen LogP contribution in [0.5, 0.6) is 0 Å². The molecule has 0 amide bonds. The van der Waals surface area contributed by atoms with Crippen molar-refractivity contribution in [3.8, 4) is 11.3 Å². The Kier molecular flexibility index (Phi) is 4.66. The Morgan fingerprint density at radius 2 is 2.04 bits per heavy atom. The molecule has 9 heteroatoms. The highest BCUT2D eigenvalue weighted by Crippen LogP contribution is 2.28. The molecule has 0 unspecified atom stereocenters. The van der Waals surface area contributed by atoms with Crippen LogP contribution in [0.1, 0.15) is 0 Å². The van der Waals surface area contributed by atoms with E-state index in [9.17, 15) is 4.39 Å². The van der Waals surface area contributed by atoms with E-state index in [2.05, 4.69) is 25.6 Å². The average molecular weight is 385 g/mol. The number of hydrogen-bond donors (Lipinski definition) is 2. The van der Waals surface area contributed by atoms with Crippen LogP contribution in [0, 0.1) is 5.82 Å². The van der Waals surface area contributed by atoms with Gasteiger partial charge in [0.15, 0.2) is 0 Å². The third kappa shape index (κ3) is 3.57. The van der Waals surface area contributed by atoms with Crippen LogP contribution in [0.15, 0.2) is 48.9 Å². The topological polar surface area (TPSA) is 88.8 Å². The van der Waals surface area contributed by atoms with Gasteiger partial charge < -0.3 is 10.4 Å². The Morgan fingerprint density at radius 3 is 2.85 bits per heavy atom. The van der Waals surface area contributed by atoms with Crippen molar-refractivity contribution in [1.82, 2.24) is 25.0 Å². The van der Waals surface area contributed by atoms with Gasteiger partial charge >= 0.3 is 0 Å². The molecule has 4 aromatic rings. The second-order valence-corrected chi connectivity index (χ2v) is 6.21. The van der Waals surface area contributed by atoms with Crippen LogP contribution in [0.25, 0.3) is 22.2 Å². The summed E-state index contributed by atoms with van der Waals surface area (Å²) in [4.78, 5) is 8.56. The molecule has 2 aromatic carbocycles. The van der Waals surface area contributed by atoms with Crippen molar-refractivity contribution in [2.24, 2.45) is 0 Å². The van der Waals surface area contributed by atoms with E-state index in [4.69, 9.17) is 16.7 Å². The van der Waals surface area contributed by atoms with Gasteiger partial charge in [-0.2, -0.15) is 0 Å². The van der Waals surface area contributed by atoms with Gasteiger partial charge in [-0.1, -0.05) is 22.9 Å². The van der Waals surface area contributed by atoms with Gasteiger partial charge in [0.2, 0.25) is 0 Å². The van der Waals surface area contributed by atoms with E-state index < -0.39 is 5.82 Å². The molecule has 0 aliphatic heterocycles. The summed E-state index contributed by atoms with van der Waals surface area (Å²) in [5.41, 5.74) is 2.86. The van der Waals surface area contributed by atoms with Gasteiger partial charge in [0.1, 0.15) is 23.7 Å². The van der Waals surface area contributed by atoms with E-state index in [1.54, 1.807) is 16.9 Å². The minimum atomic E-state index is -0.483. The molecule has 0 aliphatic rings. The highest BCUT2D eigenvalue weighted by Gasteiger charge is 2.10. The smallest absolute Gasteiger partial charge is 0.141 e. The number of nitrogens with one attached hydrogen (secondary N) is 1. The van der Waals surface area contributed by atoms with Crippen molar-refractivity contribution >= 4 is 34.0 Å². The standard InChI is InChI=1S/C18H14ClFN6O/c19-14-8-12(2-3-15(14)20)23-18-13-7-11(1-4-16(13)21-10-22-18)17-9-26(5-6-27)25-24-17/h1-4,7-10,27H,5-6H2,(H,21,22,23). The average Bonchev–Trinajstić information content (AvgIpc) is 3.14. The van der Waals surface area contributed by atoms with E-state index in [1.807, 2.05) is 18.2 Å². The summed E-state index contributed by atoms with van der Waals surface area (Å²) < 4.78 is 14.9. The van der Waals surface area contributed by atoms with Gasteiger partial charge in [-0.3, -0.25) is 0 Å². The number of benzene rings is 2. The van der Waals surface area contributed by atoms with Crippen molar-refractivity contribution < 1.29 is 9.50 Å². The summed E-state index contributed by atoms with van der Waals surface area (Å²) in [6.45, 7) is 0.366.